The Morgan fingerprint density at radius 2 is 1.69 bits per heavy atom. The molecule has 1 heterocycles. The van der Waals surface area contributed by atoms with Gasteiger partial charge in [0, 0.05) is 12.0 Å². The number of hydrogen-bond donors (Lipinski definition) is 1. The van der Waals surface area contributed by atoms with Gasteiger partial charge in [-0.2, -0.15) is 0 Å². The molecule has 0 radical (unpaired) electrons. The Balaban J connectivity index is 1.39. The number of hydrogen-bond acceptors (Lipinski definition) is 7. The molecule has 0 bridgehead atoms. The molecule has 202 valence electrons. The van der Waals surface area contributed by atoms with Crippen LogP contribution in [0.5, 0.6) is 17.2 Å². The summed E-state index contributed by atoms with van der Waals surface area (Å²) in [6.45, 7) is 3.68. The number of oxazole rings is 1. The normalized spacial score (nSPS) is 11.5. The third kappa shape index (κ3) is 7.16. The lowest BCUT2D eigenvalue weighted by Crippen LogP contribution is -2.44. The van der Waals surface area contributed by atoms with E-state index in [9.17, 15) is 14.7 Å². The SMILES string of the molecule is COc1ccc(OC(=O)N(Cc2cccc(OCCc3nc(-c4ccccc4)oc3C)c2)[C@H](C)C(=O)O)cc1. The second-order valence-corrected chi connectivity index (χ2v) is 8.82. The number of carboxylic acid groups (broad SMARTS) is 1. The predicted octanol–water partition coefficient (Wildman–Crippen LogP) is 5.75. The van der Waals surface area contributed by atoms with Crippen molar-refractivity contribution in [3.8, 4) is 28.7 Å². The number of aliphatic carboxylic acids is 1. The van der Waals surface area contributed by atoms with Crippen molar-refractivity contribution < 1.29 is 33.3 Å². The van der Waals surface area contributed by atoms with Crippen LogP contribution in [0.3, 0.4) is 0 Å². The standard InChI is InChI=1S/C30H30N2O7/c1-20(29(33)34)32(30(35)39-25-14-12-24(36-3)13-15-25)19-22-8-7-11-26(18-22)37-17-16-27-21(2)38-28(31-27)23-9-5-4-6-10-23/h4-15,18,20H,16-17,19H2,1-3H3,(H,33,34)/t20-/m1/s1. The molecule has 1 amide bonds. The maximum Gasteiger partial charge on any atom is 0.416 e. The van der Waals surface area contributed by atoms with E-state index in [0.29, 0.717) is 36.0 Å². The molecule has 0 fully saturated rings. The Morgan fingerprint density at radius 3 is 2.38 bits per heavy atom. The zero-order chi connectivity index (χ0) is 27.8. The van der Waals surface area contributed by atoms with E-state index in [2.05, 4.69) is 4.98 Å². The highest BCUT2D eigenvalue weighted by molar-refractivity contribution is 5.80. The molecule has 0 aliphatic carbocycles. The summed E-state index contributed by atoms with van der Waals surface area (Å²) in [5.41, 5.74) is 2.41. The van der Waals surface area contributed by atoms with Crippen molar-refractivity contribution >= 4 is 12.1 Å². The molecule has 4 aromatic rings. The Kier molecular flexibility index (Phi) is 8.83. The van der Waals surface area contributed by atoms with Gasteiger partial charge >= 0.3 is 12.1 Å². The summed E-state index contributed by atoms with van der Waals surface area (Å²) in [4.78, 5) is 30.4. The fourth-order valence-corrected chi connectivity index (χ4v) is 3.86. The van der Waals surface area contributed by atoms with Gasteiger partial charge in [-0.25, -0.2) is 14.6 Å². The molecule has 0 aliphatic heterocycles. The minimum Gasteiger partial charge on any atom is -0.497 e. The second-order valence-electron chi connectivity index (χ2n) is 8.82. The molecule has 0 saturated heterocycles. The van der Waals surface area contributed by atoms with Crippen molar-refractivity contribution in [2.75, 3.05) is 13.7 Å². The first-order valence-corrected chi connectivity index (χ1v) is 12.4. The summed E-state index contributed by atoms with van der Waals surface area (Å²) in [6.07, 6.45) is -0.236. The van der Waals surface area contributed by atoms with Crippen LogP contribution in [0.1, 0.15) is 23.9 Å². The van der Waals surface area contributed by atoms with E-state index in [-0.39, 0.29) is 12.3 Å². The number of carboxylic acids is 1. The molecule has 9 nitrogen and oxygen atoms in total. The highest BCUT2D eigenvalue weighted by atomic mass is 16.6. The van der Waals surface area contributed by atoms with Gasteiger partial charge in [-0.15, -0.1) is 0 Å². The lowest BCUT2D eigenvalue weighted by molar-refractivity contribution is -0.142. The second kappa shape index (κ2) is 12.6. The predicted molar refractivity (Wildman–Crippen MR) is 144 cm³/mol. The zero-order valence-corrected chi connectivity index (χ0v) is 22.0. The van der Waals surface area contributed by atoms with E-state index in [1.807, 2.05) is 37.3 Å². The molecule has 0 unspecified atom stereocenters. The average molecular weight is 531 g/mol. The molecule has 0 saturated carbocycles. The lowest BCUT2D eigenvalue weighted by Gasteiger charge is -2.26. The first kappa shape index (κ1) is 27.3. The first-order valence-electron chi connectivity index (χ1n) is 12.4. The van der Waals surface area contributed by atoms with Crippen LogP contribution >= 0.6 is 0 Å². The number of aryl methyl sites for hydroxylation is 1. The van der Waals surface area contributed by atoms with E-state index >= 15 is 0 Å². The van der Waals surface area contributed by atoms with E-state index in [0.717, 1.165) is 21.9 Å². The summed E-state index contributed by atoms with van der Waals surface area (Å²) >= 11 is 0. The van der Waals surface area contributed by atoms with Gasteiger partial charge in [-0.3, -0.25) is 4.90 Å². The highest BCUT2D eigenvalue weighted by Gasteiger charge is 2.27. The van der Waals surface area contributed by atoms with E-state index < -0.39 is 18.1 Å². The molecule has 4 rings (SSSR count). The number of carbonyl (C=O) groups excluding carboxylic acids is 1. The molecule has 1 atom stereocenters. The summed E-state index contributed by atoms with van der Waals surface area (Å²) in [6, 6.07) is 22.2. The van der Waals surface area contributed by atoms with Crippen LogP contribution in [-0.4, -0.2) is 46.8 Å². The van der Waals surface area contributed by atoms with Gasteiger partial charge in [0.1, 0.15) is 29.1 Å². The van der Waals surface area contributed by atoms with Gasteiger partial charge in [0.15, 0.2) is 0 Å². The van der Waals surface area contributed by atoms with Gasteiger partial charge in [-0.1, -0.05) is 30.3 Å². The first-order chi connectivity index (χ1) is 18.8. The van der Waals surface area contributed by atoms with Crippen molar-refractivity contribution in [2.45, 2.75) is 32.9 Å². The number of nitrogens with zero attached hydrogens (tertiary/aromatic N) is 2. The van der Waals surface area contributed by atoms with Crippen molar-refractivity contribution in [3.63, 3.8) is 0 Å². The summed E-state index contributed by atoms with van der Waals surface area (Å²) in [5, 5.41) is 9.59. The zero-order valence-electron chi connectivity index (χ0n) is 22.0. The summed E-state index contributed by atoms with van der Waals surface area (Å²) in [5.74, 6) is 1.63. The number of rotatable bonds is 11. The summed E-state index contributed by atoms with van der Waals surface area (Å²) < 4.78 is 22.3. The number of amides is 1. The van der Waals surface area contributed by atoms with Crippen LogP contribution < -0.4 is 14.2 Å². The molecular formula is C30H30N2O7. The van der Waals surface area contributed by atoms with Crippen molar-refractivity contribution in [3.05, 3.63) is 95.9 Å². The number of aromatic nitrogens is 1. The van der Waals surface area contributed by atoms with Crippen LogP contribution in [0.2, 0.25) is 0 Å². The van der Waals surface area contributed by atoms with E-state index in [1.165, 1.54) is 14.0 Å². The van der Waals surface area contributed by atoms with Gasteiger partial charge in [0.25, 0.3) is 0 Å². The third-order valence-electron chi connectivity index (χ3n) is 6.10. The van der Waals surface area contributed by atoms with Gasteiger partial charge in [0.05, 0.1) is 26.0 Å². The topological polar surface area (TPSA) is 111 Å². The Bertz CT molecular complexity index is 1400. The lowest BCUT2D eigenvalue weighted by atomic mass is 10.1. The van der Waals surface area contributed by atoms with Gasteiger partial charge in [-0.05, 0) is 67.9 Å². The van der Waals surface area contributed by atoms with E-state index in [4.69, 9.17) is 18.6 Å². The van der Waals surface area contributed by atoms with Gasteiger partial charge in [0.2, 0.25) is 5.89 Å². The number of methoxy groups -OCH3 is 1. The fourth-order valence-electron chi connectivity index (χ4n) is 3.86. The molecule has 1 aromatic heterocycles. The van der Waals surface area contributed by atoms with Crippen LogP contribution in [0.15, 0.2) is 83.3 Å². The third-order valence-corrected chi connectivity index (χ3v) is 6.10. The summed E-state index contributed by atoms with van der Waals surface area (Å²) in [7, 11) is 1.53. The van der Waals surface area contributed by atoms with Crippen molar-refractivity contribution in [2.24, 2.45) is 0 Å². The van der Waals surface area contributed by atoms with Crippen molar-refractivity contribution in [1.29, 1.82) is 0 Å². The maximum absolute atomic E-state index is 12.9. The minimum absolute atomic E-state index is 0.0164. The molecule has 3 aromatic carbocycles. The van der Waals surface area contributed by atoms with E-state index in [1.54, 1.807) is 48.5 Å². The van der Waals surface area contributed by atoms with Crippen LogP contribution in [0, 0.1) is 6.92 Å². The molecular weight excluding hydrogens is 500 g/mol. The molecule has 9 heteroatoms. The molecule has 0 spiro atoms. The Hall–Kier alpha value is -4.79. The number of ether oxygens (including phenoxy) is 3. The maximum atomic E-state index is 12.9. The van der Waals surface area contributed by atoms with Crippen LogP contribution in [-0.2, 0) is 17.8 Å². The highest BCUT2D eigenvalue weighted by Crippen LogP contribution is 2.23. The smallest absolute Gasteiger partial charge is 0.416 e. The molecule has 39 heavy (non-hydrogen) atoms. The number of benzene rings is 3. The fraction of sp³-hybridized carbons (Fsp3) is 0.233. The van der Waals surface area contributed by atoms with Crippen LogP contribution in [0.25, 0.3) is 11.5 Å². The average Bonchev–Trinajstić information content (AvgIpc) is 3.32. The monoisotopic (exact) mass is 530 g/mol. The quantitative estimate of drug-likeness (QED) is 0.261. The van der Waals surface area contributed by atoms with Gasteiger partial charge < -0.3 is 23.7 Å². The largest absolute Gasteiger partial charge is 0.497 e. The van der Waals surface area contributed by atoms with Crippen LogP contribution in [0.4, 0.5) is 4.79 Å². The molecule has 1 N–H and O–H groups in total. The Morgan fingerprint density at radius 1 is 0.974 bits per heavy atom. The number of carbonyl (C=O) groups is 2. The minimum atomic E-state index is -1.15. The van der Waals surface area contributed by atoms with Crippen molar-refractivity contribution in [1.82, 2.24) is 9.88 Å². The Labute approximate surface area is 226 Å². The molecule has 0 aliphatic rings.